The Morgan fingerprint density at radius 1 is 1.26 bits per heavy atom. The van der Waals surface area contributed by atoms with Crippen LogP contribution in [-0.4, -0.2) is 69.9 Å². The van der Waals surface area contributed by atoms with Crippen molar-refractivity contribution < 1.29 is 26.7 Å². The number of piperidine rings is 1. The van der Waals surface area contributed by atoms with Gasteiger partial charge in [0, 0.05) is 32.3 Å². The number of carbonyl (C=O) groups is 1. The van der Waals surface area contributed by atoms with Crippen LogP contribution in [0, 0.1) is 6.92 Å². The van der Waals surface area contributed by atoms with Gasteiger partial charge < -0.3 is 9.64 Å². The fraction of sp³-hybridized carbons (Fsp3) is 0.611. The lowest BCUT2D eigenvalue weighted by Crippen LogP contribution is -2.38. The van der Waals surface area contributed by atoms with Crippen LogP contribution in [0.2, 0.25) is 0 Å². The highest BCUT2D eigenvalue weighted by Crippen LogP contribution is 2.23. The van der Waals surface area contributed by atoms with Crippen molar-refractivity contribution in [3.8, 4) is 0 Å². The molecule has 0 aromatic heterocycles. The van der Waals surface area contributed by atoms with Gasteiger partial charge in [0.1, 0.15) is 0 Å². The summed E-state index contributed by atoms with van der Waals surface area (Å²) >= 11 is 0. The maximum absolute atomic E-state index is 12.9. The fourth-order valence-corrected chi connectivity index (χ4v) is 4.60. The molecular formula is C18H26F2N2O4S. The van der Waals surface area contributed by atoms with Crippen molar-refractivity contribution in [3.63, 3.8) is 0 Å². The molecule has 1 amide bonds. The van der Waals surface area contributed by atoms with Crippen LogP contribution in [0.4, 0.5) is 8.78 Å². The predicted octanol–water partition coefficient (Wildman–Crippen LogP) is 2.52. The maximum atomic E-state index is 12.9. The van der Waals surface area contributed by atoms with Crippen LogP contribution < -0.4 is 0 Å². The average molecular weight is 404 g/mol. The zero-order chi connectivity index (χ0) is 20.0. The molecule has 0 saturated carbocycles. The first-order valence-corrected chi connectivity index (χ1v) is 10.4. The molecule has 1 aromatic carbocycles. The lowest BCUT2D eigenvalue weighted by atomic mass is 10.1. The Morgan fingerprint density at radius 2 is 1.93 bits per heavy atom. The number of amides is 1. The summed E-state index contributed by atoms with van der Waals surface area (Å²) in [5.74, 6) is -0.624. The van der Waals surface area contributed by atoms with Crippen LogP contribution in [0.25, 0.3) is 0 Å². The molecule has 1 fully saturated rings. The van der Waals surface area contributed by atoms with E-state index >= 15 is 0 Å². The molecule has 0 N–H and O–H groups in total. The fourth-order valence-electron chi connectivity index (χ4n) is 3.06. The third kappa shape index (κ3) is 5.46. The largest absolute Gasteiger partial charge is 0.383 e. The molecule has 6 nitrogen and oxygen atoms in total. The molecule has 1 aliphatic rings. The number of sulfonamides is 1. The number of hydrogen-bond acceptors (Lipinski definition) is 4. The third-order valence-electron chi connectivity index (χ3n) is 4.60. The Morgan fingerprint density at radius 3 is 2.52 bits per heavy atom. The van der Waals surface area contributed by atoms with E-state index in [4.69, 9.17) is 4.74 Å². The molecule has 9 heteroatoms. The number of carbonyl (C=O) groups excluding carboxylic acids is 1. The molecule has 1 heterocycles. The van der Waals surface area contributed by atoms with E-state index in [1.165, 1.54) is 23.5 Å². The minimum absolute atomic E-state index is 0.00220. The minimum atomic E-state index is -3.71. The standard InChI is InChI=1S/C18H26F2N2O4S/c1-14-6-7-15(27(24,25)22-8-4-3-5-9-22)12-16(14)18(23)21(10-11-26-2)13-17(19)20/h6-7,12,17H,3-5,8-11,13H2,1-2H3. The second-order valence-corrected chi connectivity index (χ2v) is 8.51. The number of rotatable bonds is 8. The van der Waals surface area contributed by atoms with Crippen LogP contribution in [-0.2, 0) is 14.8 Å². The first-order chi connectivity index (χ1) is 12.8. The van der Waals surface area contributed by atoms with E-state index < -0.39 is 28.9 Å². The molecule has 0 atom stereocenters. The van der Waals surface area contributed by atoms with Crippen molar-refractivity contribution in [2.24, 2.45) is 0 Å². The number of ether oxygens (including phenoxy) is 1. The number of methoxy groups -OCH3 is 1. The highest BCUT2D eigenvalue weighted by atomic mass is 32.2. The Bertz CT molecular complexity index is 750. The molecule has 0 bridgehead atoms. The van der Waals surface area contributed by atoms with Gasteiger partial charge in [-0.25, -0.2) is 17.2 Å². The van der Waals surface area contributed by atoms with E-state index in [9.17, 15) is 22.0 Å². The van der Waals surface area contributed by atoms with E-state index in [2.05, 4.69) is 0 Å². The SMILES string of the molecule is COCCN(CC(F)F)C(=O)c1cc(S(=O)(=O)N2CCCCC2)ccc1C. The van der Waals surface area contributed by atoms with Crippen LogP contribution in [0.15, 0.2) is 23.1 Å². The van der Waals surface area contributed by atoms with Gasteiger partial charge in [0.15, 0.2) is 0 Å². The lowest BCUT2D eigenvalue weighted by Gasteiger charge is -2.27. The summed E-state index contributed by atoms with van der Waals surface area (Å²) in [6.07, 6.45) is -0.0934. The van der Waals surface area contributed by atoms with Gasteiger partial charge in [-0.2, -0.15) is 4.31 Å². The maximum Gasteiger partial charge on any atom is 0.255 e. The molecular weight excluding hydrogens is 378 g/mol. The summed E-state index contributed by atoms with van der Waals surface area (Å²) in [5, 5.41) is 0. The van der Waals surface area contributed by atoms with Gasteiger partial charge in [-0.05, 0) is 37.5 Å². The summed E-state index contributed by atoms with van der Waals surface area (Å²) in [6, 6.07) is 4.30. The minimum Gasteiger partial charge on any atom is -0.383 e. The van der Waals surface area contributed by atoms with Gasteiger partial charge in [-0.15, -0.1) is 0 Å². The monoisotopic (exact) mass is 404 g/mol. The van der Waals surface area contributed by atoms with E-state index in [-0.39, 0.29) is 23.6 Å². The molecule has 152 valence electrons. The van der Waals surface area contributed by atoms with Crippen LogP contribution in [0.5, 0.6) is 0 Å². The Labute approximate surface area is 159 Å². The van der Waals surface area contributed by atoms with Crippen LogP contribution in [0.1, 0.15) is 35.2 Å². The highest BCUT2D eigenvalue weighted by Gasteiger charge is 2.28. The van der Waals surface area contributed by atoms with E-state index in [0.29, 0.717) is 18.7 Å². The number of hydrogen-bond donors (Lipinski definition) is 0. The molecule has 0 radical (unpaired) electrons. The van der Waals surface area contributed by atoms with Gasteiger partial charge >= 0.3 is 0 Å². The number of halogens is 2. The van der Waals surface area contributed by atoms with Crippen molar-refractivity contribution in [2.75, 3.05) is 39.9 Å². The zero-order valence-corrected chi connectivity index (χ0v) is 16.5. The predicted molar refractivity (Wildman–Crippen MR) is 97.6 cm³/mol. The quantitative estimate of drug-likeness (QED) is 0.668. The number of benzene rings is 1. The van der Waals surface area contributed by atoms with Crippen molar-refractivity contribution >= 4 is 15.9 Å². The third-order valence-corrected chi connectivity index (χ3v) is 6.50. The molecule has 1 saturated heterocycles. The topological polar surface area (TPSA) is 66.9 Å². The van der Waals surface area contributed by atoms with Crippen molar-refractivity contribution in [2.45, 2.75) is 37.5 Å². The van der Waals surface area contributed by atoms with Crippen molar-refractivity contribution in [1.29, 1.82) is 0 Å². The van der Waals surface area contributed by atoms with Gasteiger partial charge in [-0.1, -0.05) is 12.5 Å². The molecule has 0 unspecified atom stereocenters. The van der Waals surface area contributed by atoms with E-state index in [0.717, 1.165) is 24.2 Å². The van der Waals surface area contributed by atoms with Crippen molar-refractivity contribution in [3.05, 3.63) is 29.3 Å². The summed E-state index contributed by atoms with van der Waals surface area (Å²) < 4.78 is 57.7. The summed E-state index contributed by atoms with van der Waals surface area (Å²) in [7, 11) is -2.29. The molecule has 0 spiro atoms. The summed E-state index contributed by atoms with van der Waals surface area (Å²) in [6.45, 7) is 1.94. The van der Waals surface area contributed by atoms with Crippen molar-refractivity contribution in [1.82, 2.24) is 9.21 Å². The Kier molecular flexibility index (Phi) is 7.69. The second kappa shape index (κ2) is 9.57. The normalized spacial score (nSPS) is 15.9. The van der Waals surface area contributed by atoms with E-state index in [1.54, 1.807) is 13.0 Å². The molecule has 1 aliphatic heterocycles. The first kappa shape index (κ1) is 21.7. The first-order valence-electron chi connectivity index (χ1n) is 8.94. The molecule has 0 aliphatic carbocycles. The molecule has 27 heavy (non-hydrogen) atoms. The van der Waals surface area contributed by atoms with Gasteiger partial charge in [-0.3, -0.25) is 4.79 Å². The lowest BCUT2D eigenvalue weighted by molar-refractivity contribution is 0.0477. The van der Waals surface area contributed by atoms with Gasteiger partial charge in [0.2, 0.25) is 10.0 Å². The summed E-state index contributed by atoms with van der Waals surface area (Å²) in [5.41, 5.74) is 0.652. The van der Waals surface area contributed by atoms with Crippen LogP contribution >= 0.6 is 0 Å². The highest BCUT2D eigenvalue weighted by molar-refractivity contribution is 7.89. The van der Waals surface area contributed by atoms with Gasteiger partial charge in [0.05, 0.1) is 18.0 Å². The molecule has 2 rings (SSSR count). The van der Waals surface area contributed by atoms with Gasteiger partial charge in [0.25, 0.3) is 12.3 Å². The Balaban J connectivity index is 2.33. The molecule has 1 aromatic rings. The van der Waals surface area contributed by atoms with E-state index in [1.807, 2.05) is 0 Å². The van der Waals surface area contributed by atoms with Crippen LogP contribution in [0.3, 0.4) is 0 Å². The second-order valence-electron chi connectivity index (χ2n) is 6.58. The number of aryl methyl sites for hydroxylation is 1. The zero-order valence-electron chi connectivity index (χ0n) is 15.7. The average Bonchev–Trinajstić information content (AvgIpc) is 2.65. The number of alkyl halides is 2. The smallest absolute Gasteiger partial charge is 0.255 e. The summed E-state index contributed by atoms with van der Waals surface area (Å²) in [4.78, 5) is 13.8. The Hall–Kier alpha value is -1.58. The number of nitrogens with zero attached hydrogens (tertiary/aromatic N) is 2.